The Morgan fingerprint density at radius 1 is 1.24 bits per heavy atom. The van der Waals surface area contributed by atoms with E-state index in [4.69, 9.17) is 18.9 Å². The highest BCUT2D eigenvalue weighted by molar-refractivity contribution is 5.66. The first-order valence-corrected chi connectivity index (χ1v) is 5.45. The lowest BCUT2D eigenvalue weighted by Gasteiger charge is -2.39. The molecule has 0 aliphatic carbocycles. The van der Waals surface area contributed by atoms with E-state index in [1.165, 1.54) is 13.8 Å². The van der Waals surface area contributed by atoms with E-state index in [1.54, 1.807) is 13.8 Å². The molecule has 0 saturated carbocycles. The van der Waals surface area contributed by atoms with Crippen molar-refractivity contribution >= 4 is 11.9 Å². The minimum absolute atomic E-state index is 0.125. The van der Waals surface area contributed by atoms with Crippen LogP contribution in [0, 0.1) is 0 Å². The molecule has 1 aliphatic heterocycles. The standard InChI is InChI=1S/C11H18O6/c1-7(12)14-6-9-5-10(15-8(2)13)17-11(3,4)16-9/h9-10H,5-6H2,1-4H3. The Balaban J connectivity index is 2.54. The van der Waals surface area contributed by atoms with E-state index in [0.717, 1.165) is 0 Å². The maximum atomic E-state index is 10.9. The molecule has 1 saturated heterocycles. The first-order chi connectivity index (χ1) is 7.78. The predicted octanol–water partition coefficient (Wildman–Crippen LogP) is 0.980. The van der Waals surface area contributed by atoms with Crippen molar-refractivity contribution in [3.05, 3.63) is 0 Å². The minimum Gasteiger partial charge on any atom is -0.463 e. The number of ether oxygens (including phenoxy) is 4. The smallest absolute Gasteiger partial charge is 0.304 e. The summed E-state index contributed by atoms with van der Waals surface area (Å²) in [5.74, 6) is -1.66. The Hall–Kier alpha value is -1.14. The van der Waals surface area contributed by atoms with Crippen LogP contribution in [-0.2, 0) is 28.5 Å². The largest absolute Gasteiger partial charge is 0.463 e. The summed E-state index contributed by atoms with van der Waals surface area (Å²) in [7, 11) is 0. The molecule has 0 spiro atoms. The molecule has 2 unspecified atom stereocenters. The van der Waals surface area contributed by atoms with E-state index < -0.39 is 18.0 Å². The lowest BCUT2D eigenvalue weighted by atomic mass is 10.2. The third kappa shape index (κ3) is 5.14. The molecule has 98 valence electrons. The van der Waals surface area contributed by atoms with Gasteiger partial charge in [-0.3, -0.25) is 9.59 Å². The third-order valence-corrected chi connectivity index (χ3v) is 2.09. The molecule has 6 heteroatoms. The Morgan fingerprint density at radius 3 is 2.41 bits per heavy atom. The van der Waals surface area contributed by atoms with Crippen LogP contribution in [0.5, 0.6) is 0 Å². The molecule has 1 heterocycles. The first kappa shape index (κ1) is 13.9. The zero-order valence-electron chi connectivity index (χ0n) is 10.5. The second kappa shape index (κ2) is 5.46. The van der Waals surface area contributed by atoms with Crippen molar-refractivity contribution in [1.82, 2.24) is 0 Å². The lowest BCUT2D eigenvalue weighted by Crippen LogP contribution is -2.47. The van der Waals surface area contributed by atoms with Gasteiger partial charge in [-0.1, -0.05) is 0 Å². The van der Waals surface area contributed by atoms with Crippen LogP contribution in [0.25, 0.3) is 0 Å². The quantitative estimate of drug-likeness (QED) is 0.691. The monoisotopic (exact) mass is 246 g/mol. The number of rotatable bonds is 3. The second-order valence-electron chi connectivity index (χ2n) is 4.33. The molecule has 0 bridgehead atoms. The Bertz CT molecular complexity index is 298. The van der Waals surface area contributed by atoms with Gasteiger partial charge in [-0.15, -0.1) is 0 Å². The molecule has 1 fully saturated rings. The fourth-order valence-corrected chi connectivity index (χ4v) is 1.63. The van der Waals surface area contributed by atoms with Gasteiger partial charge >= 0.3 is 11.9 Å². The highest BCUT2D eigenvalue weighted by atomic mass is 16.8. The highest BCUT2D eigenvalue weighted by Gasteiger charge is 2.37. The van der Waals surface area contributed by atoms with Gasteiger partial charge in [-0.2, -0.15) is 0 Å². The van der Waals surface area contributed by atoms with Crippen LogP contribution in [0.1, 0.15) is 34.1 Å². The van der Waals surface area contributed by atoms with Gasteiger partial charge in [-0.25, -0.2) is 0 Å². The maximum absolute atomic E-state index is 10.9. The minimum atomic E-state index is -0.872. The summed E-state index contributed by atoms with van der Waals surface area (Å²) < 4.78 is 20.8. The molecule has 1 aliphatic rings. The fourth-order valence-electron chi connectivity index (χ4n) is 1.63. The molecule has 0 aromatic heterocycles. The van der Waals surface area contributed by atoms with Gasteiger partial charge < -0.3 is 18.9 Å². The van der Waals surface area contributed by atoms with Crippen molar-refractivity contribution in [3.63, 3.8) is 0 Å². The van der Waals surface area contributed by atoms with Crippen molar-refractivity contribution in [2.75, 3.05) is 6.61 Å². The molecule has 0 aromatic carbocycles. The molecular formula is C11H18O6. The van der Waals surface area contributed by atoms with Crippen molar-refractivity contribution in [2.45, 2.75) is 52.3 Å². The number of esters is 2. The molecule has 0 aromatic rings. The van der Waals surface area contributed by atoms with Gasteiger partial charge in [0.25, 0.3) is 0 Å². The lowest BCUT2D eigenvalue weighted by molar-refractivity contribution is -0.345. The van der Waals surface area contributed by atoms with Crippen LogP contribution in [0.3, 0.4) is 0 Å². The average molecular weight is 246 g/mol. The van der Waals surface area contributed by atoms with Crippen LogP contribution in [-0.4, -0.2) is 36.7 Å². The first-order valence-electron chi connectivity index (χ1n) is 5.45. The molecule has 1 rings (SSSR count). The summed E-state index contributed by atoms with van der Waals surface area (Å²) >= 11 is 0. The zero-order valence-corrected chi connectivity index (χ0v) is 10.5. The Kier molecular flexibility index (Phi) is 4.47. The zero-order chi connectivity index (χ0) is 13.1. The SMILES string of the molecule is CC(=O)OCC1CC(OC(C)=O)OC(C)(C)O1. The molecular weight excluding hydrogens is 228 g/mol. The van der Waals surface area contributed by atoms with Crippen LogP contribution < -0.4 is 0 Å². The maximum Gasteiger partial charge on any atom is 0.304 e. The van der Waals surface area contributed by atoms with Gasteiger partial charge in [0.2, 0.25) is 6.29 Å². The van der Waals surface area contributed by atoms with Gasteiger partial charge in [0.15, 0.2) is 5.79 Å². The normalized spacial score (nSPS) is 27.3. The highest BCUT2D eigenvalue weighted by Crippen LogP contribution is 2.27. The molecule has 2 atom stereocenters. The number of carbonyl (C=O) groups excluding carboxylic acids is 2. The Morgan fingerprint density at radius 2 is 1.88 bits per heavy atom. The summed E-state index contributed by atoms with van der Waals surface area (Å²) in [4.78, 5) is 21.6. The van der Waals surface area contributed by atoms with E-state index in [1.807, 2.05) is 0 Å². The van der Waals surface area contributed by atoms with Gasteiger partial charge in [0.1, 0.15) is 12.7 Å². The number of hydrogen-bond acceptors (Lipinski definition) is 6. The van der Waals surface area contributed by atoms with Gasteiger partial charge in [0, 0.05) is 20.3 Å². The van der Waals surface area contributed by atoms with Crippen LogP contribution in [0.2, 0.25) is 0 Å². The Labute approximate surface area is 100 Å². The van der Waals surface area contributed by atoms with Crippen molar-refractivity contribution in [1.29, 1.82) is 0 Å². The molecule has 17 heavy (non-hydrogen) atoms. The molecule has 0 radical (unpaired) electrons. The number of carbonyl (C=O) groups is 2. The third-order valence-electron chi connectivity index (χ3n) is 2.09. The van der Waals surface area contributed by atoms with Gasteiger partial charge in [0.05, 0.1) is 0 Å². The summed E-state index contributed by atoms with van der Waals surface area (Å²) in [6, 6.07) is 0. The van der Waals surface area contributed by atoms with Gasteiger partial charge in [-0.05, 0) is 13.8 Å². The summed E-state index contributed by atoms with van der Waals surface area (Å²) in [6.45, 7) is 6.19. The van der Waals surface area contributed by atoms with Crippen LogP contribution in [0.15, 0.2) is 0 Å². The summed E-state index contributed by atoms with van der Waals surface area (Å²) in [5.41, 5.74) is 0. The second-order valence-corrected chi connectivity index (χ2v) is 4.33. The molecule has 0 amide bonds. The number of hydrogen-bond donors (Lipinski definition) is 0. The van der Waals surface area contributed by atoms with Crippen molar-refractivity contribution in [3.8, 4) is 0 Å². The van der Waals surface area contributed by atoms with Crippen LogP contribution >= 0.6 is 0 Å². The van der Waals surface area contributed by atoms with Crippen molar-refractivity contribution < 1.29 is 28.5 Å². The topological polar surface area (TPSA) is 71.1 Å². The van der Waals surface area contributed by atoms with E-state index >= 15 is 0 Å². The molecule has 6 nitrogen and oxygen atoms in total. The predicted molar refractivity (Wildman–Crippen MR) is 56.8 cm³/mol. The van der Waals surface area contributed by atoms with E-state index in [0.29, 0.717) is 6.42 Å². The van der Waals surface area contributed by atoms with E-state index in [2.05, 4.69) is 0 Å². The van der Waals surface area contributed by atoms with E-state index in [-0.39, 0.29) is 18.7 Å². The van der Waals surface area contributed by atoms with E-state index in [9.17, 15) is 9.59 Å². The van der Waals surface area contributed by atoms with Crippen molar-refractivity contribution in [2.24, 2.45) is 0 Å². The summed E-state index contributed by atoms with van der Waals surface area (Å²) in [5, 5.41) is 0. The van der Waals surface area contributed by atoms with Crippen LogP contribution in [0.4, 0.5) is 0 Å². The molecule has 0 N–H and O–H groups in total. The summed E-state index contributed by atoms with van der Waals surface area (Å²) in [6.07, 6.45) is -0.667. The fraction of sp³-hybridized carbons (Fsp3) is 0.818. The average Bonchev–Trinajstić information content (AvgIpc) is 2.10.